The fourth-order valence-electron chi connectivity index (χ4n) is 6.53. The van der Waals surface area contributed by atoms with Gasteiger partial charge in [0, 0.05) is 34.1 Å². The van der Waals surface area contributed by atoms with Gasteiger partial charge in [-0.1, -0.05) is 91.0 Å². The summed E-state index contributed by atoms with van der Waals surface area (Å²) >= 11 is 0. The SMILES string of the molecule is C1=C(N(c2ccccc2)c2ccc(N(C3=C(c4ccccc4)CCCC3)c3ccccc3)cc2)CCc2ccccc21. The van der Waals surface area contributed by atoms with Crippen LogP contribution in [0.4, 0.5) is 22.7 Å². The first-order valence-electron chi connectivity index (χ1n) is 15.2. The van der Waals surface area contributed by atoms with Gasteiger partial charge in [0.1, 0.15) is 0 Å². The Bertz CT molecular complexity index is 1700. The van der Waals surface area contributed by atoms with Gasteiger partial charge in [0.15, 0.2) is 0 Å². The van der Waals surface area contributed by atoms with Crippen molar-refractivity contribution >= 4 is 34.4 Å². The van der Waals surface area contributed by atoms with Crippen molar-refractivity contribution in [1.82, 2.24) is 0 Å². The minimum atomic E-state index is 1.01. The van der Waals surface area contributed by atoms with Gasteiger partial charge in [-0.2, -0.15) is 0 Å². The first-order chi connectivity index (χ1) is 20.8. The van der Waals surface area contributed by atoms with Crippen LogP contribution in [-0.4, -0.2) is 0 Å². The molecule has 42 heavy (non-hydrogen) atoms. The first-order valence-corrected chi connectivity index (χ1v) is 15.2. The van der Waals surface area contributed by atoms with Crippen molar-refractivity contribution in [3.05, 3.63) is 168 Å². The van der Waals surface area contributed by atoms with E-state index in [1.165, 1.54) is 69.2 Å². The molecule has 0 saturated heterocycles. The lowest BCUT2D eigenvalue weighted by molar-refractivity contribution is 0.703. The van der Waals surface area contributed by atoms with Crippen LogP contribution < -0.4 is 9.80 Å². The quantitative estimate of drug-likeness (QED) is 0.201. The molecule has 0 N–H and O–H groups in total. The minimum Gasteiger partial charge on any atom is -0.314 e. The van der Waals surface area contributed by atoms with Gasteiger partial charge in [-0.25, -0.2) is 0 Å². The number of hydrogen-bond acceptors (Lipinski definition) is 2. The smallest absolute Gasteiger partial charge is 0.0460 e. The van der Waals surface area contributed by atoms with Crippen molar-refractivity contribution in [2.24, 2.45) is 0 Å². The van der Waals surface area contributed by atoms with Crippen LogP contribution in [0.15, 0.2) is 151 Å². The summed E-state index contributed by atoms with van der Waals surface area (Å²) in [6, 6.07) is 50.6. The molecule has 7 rings (SSSR count). The number of nitrogens with zero attached hydrogens (tertiary/aromatic N) is 2. The third kappa shape index (κ3) is 5.29. The predicted octanol–water partition coefficient (Wildman–Crippen LogP) is 10.9. The van der Waals surface area contributed by atoms with Crippen molar-refractivity contribution < 1.29 is 0 Å². The van der Waals surface area contributed by atoms with E-state index in [1.54, 1.807) is 0 Å². The fraction of sp³-hybridized carbons (Fsp3) is 0.150. The maximum atomic E-state index is 2.49. The number of allylic oxidation sites excluding steroid dienone is 3. The molecule has 0 unspecified atom stereocenters. The number of fused-ring (bicyclic) bond motifs is 1. The molecule has 0 amide bonds. The standard InChI is InChI=1S/C40H36N2/c1-4-15-32(16-5-1)39-22-12-13-23-40(39)42(35-20-8-3-9-21-35)37-28-26-36(27-29-37)41(34-18-6-2-7-19-34)38-25-24-31-14-10-11-17-33(31)30-38/h1-11,14-21,26-30H,12-13,22-25H2. The summed E-state index contributed by atoms with van der Waals surface area (Å²) in [7, 11) is 0. The second kappa shape index (κ2) is 12.0. The molecular formula is C40H36N2. The molecule has 0 fully saturated rings. The molecule has 5 aromatic carbocycles. The number of anilines is 4. The molecular weight excluding hydrogens is 508 g/mol. The van der Waals surface area contributed by atoms with Crippen LogP contribution in [0.5, 0.6) is 0 Å². The number of benzene rings is 5. The second-order valence-corrected chi connectivity index (χ2v) is 11.2. The highest BCUT2D eigenvalue weighted by Gasteiger charge is 2.24. The summed E-state index contributed by atoms with van der Waals surface area (Å²) in [5.41, 5.74) is 13.1. The molecule has 2 aliphatic carbocycles. The molecule has 0 radical (unpaired) electrons. The summed E-state index contributed by atoms with van der Waals surface area (Å²) in [4.78, 5) is 4.93. The van der Waals surface area contributed by atoms with E-state index in [9.17, 15) is 0 Å². The largest absolute Gasteiger partial charge is 0.314 e. The zero-order chi connectivity index (χ0) is 28.1. The average Bonchev–Trinajstić information content (AvgIpc) is 3.07. The van der Waals surface area contributed by atoms with E-state index < -0.39 is 0 Å². The normalized spacial score (nSPS) is 14.6. The molecule has 5 aromatic rings. The zero-order valence-corrected chi connectivity index (χ0v) is 24.0. The summed E-state index contributed by atoms with van der Waals surface area (Å²) in [5.74, 6) is 0. The number of hydrogen-bond donors (Lipinski definition) is 0. The van der Waals surface area contributed by atoms with E-state index in [0.717, 1.165) is 25.7 Å². The molecule has 0 heterocycles. The zero-order valence-electron chi connectivity index (χ0n) is 24.0. The Kier molecular flexibility index (Phi) is 7.43. The van der Waals surface area contributed by atoms with Gasteiger partial charge in [0.2, 0.25) is 0 Å². The Balaban J connectivity index is 1.32. The average molecular weight is 545 g/mol. The van der Waals surface area contributed by atoms with Crippen molar-refractivity contribution in [2.75, 3.05) is 9.80 Å². The van der Waals surface area contributed by atoms with Gasteiger partial charge in [-0.3, -0.25) is 0 Å². The van der Waals surface area contributed by atoms with Crippen molar-refractivity contribution in [1.29, 1.82) is 0 Å². The lowest BCUT2D eigenvalue weighted by atomic mass is 9.89. The molecule has 206 valence electrons. The van der Waals surface area contributed by atoms with E-state index in [1.807, 2.05) is 0 Å². The van der Waals surface area contributed by atoms with E-state index in [2.05, 4.69) is 155 Å². The van der Waals surface area contributed by atoms with Crippen LogP contribution in [0, 0.1) is 0 Å². The lowest BCUT2D eigenvalue weighted by Crippen LogP contribution is -2.21. The van der Waals surface area contributed by atoms with Crippen LogP contribution in [-0.2, 0) is 6.42 Å². The van der Waals surface area contributed by atoms with Crippen LogP contribution in [0.1, 0.15) is 48.8 Å². The summed E-state index contributed by atoms with van der Waals surface area (Å²) in [6.07, 6.45) is 9.07. The molecule has 2 nitrogen and oxygen atoms in total. The van der Waals surface area contributed by atoms with Crippen LogP contribution in [0.2, 0.25) is 0 Å². The number of rotatable bonds is 7. The maximum Gasteiger partial charge on any atom is 0.0460 e. The van der Waals surface area contributed by atoms with Crippen LogP contribution in [0.3, 0.4) is 0 Å². The van der Waals surface area contributed by atoms with Crippen molar-refractivity contribution in [3.8, 4) is 0 Å². The Labute approximate surface area is 249 Å². The molecule has 2 heteroatoms. The topological polar surface area (TPSA) is 6.48 Å². The summed E-state index contributed by atoms with van der Waals surface area (Å²) in [6.45, 7) is 0. The molecule has 0 bridgehead atoms. The first kappa shape index (κ1) is 26.1. The van der Waals surface area contributed by atoms with E-state index in [0.29, 0.717) is 0 Å². The van der Waals surface area contributed by atoms with Gasteiger partial charge >= 0.3 is 0 Å². The van der Waals surface area contributed by atoms with E-state index in [4.69, 9.17) is 0 Å². The second-order valence-electron chi connectivity index (χ2n) is 11.2. The number of aryl methyl sites for hydroxylation is 1. The van der Waals surface area contributed by atoms with Crippen molar-refractivity contribution in [3.63, 3.8) is 0 Å². The molecule has 0 aliphatic heterocycles. The highest BCUT2D eigenvalue weighted by Crippen LogP contribution is 2.42. The van der Waals surface area contributed by atoms with Gasteiger partial charge in [-0.15, -0.1) is 0 Å². The monoisotopic (exact) mass is 544 g/mol. The summed E-state index contributed by atoms with van der Waals surface area (Å²) in [5, 5.41) is 0. The highest BCUT2D eigenvalue weighted by atomic mass is 15.2. The molecule has 0 spiro atoms. The van der Waals surface area contributed by atoms with Gasteiger partial charge < -0.3 is 9.80 Å². The Morgan fingerprint density at radius 1 is 0.405 bits per heavy atom. The minimum absolute atomic E-state index is 1.01. The van der Waals surface area contributed by atoms with Gasteiger partial charge in [0.25, 0.3) is 0 Å². The molecule has 0 atom stereocenters. The Morgan fingerprint density at radius 2 is 0.929 bits per heavy atom. The van der Waals surface area contributed by atoms with E-state index in [-0.39, 0.29) is 0 Å². The molecule has 0 aromatic heterocycles. The van der Waals surface area contributed by atoms with Gasteiger partial charge in [-0.05, 0) is 115 Å². The summed E-state index contributed by atoms with van der Waals surface area (Å²) < 4.78 is 0. The van der Waals surface area contributed by atoms with Crippen LogP contribution >= 0.6 is 0 Å². The Morgan fingerprint density at radius 3 is 1.62 bits per heavy atom. The third-order valence-electron chi connectivity index (χ3n) is 8.54. The fourth-order valence-corrected chi connectivity index (χ4v) is 6.53. The van der Waals surface area contributed by atoms with Crippen molar-refractivity contribution in [2.45, 2.75) is 38.5 Å². The highest BCUT2D eigenvalue weighted by molar-refractivity contribution is 5.81. The van der Waals surface area contributed by atoms with E-state index >= 15 is 0 Å². The van der Waals surface area contributed by atoms with Gasteiger partial charge in [0.05, 0.1) is 0 Å². The lowest BCUT2D eigenvalue weighted by Gasteiger charge is -2.34. The number of para-hydroxylation sites is 2. The predicted molar refractivity (Wildman–Crippen MR) is 178 cm³/mol. The van der Waals surface area contributed by atoms with Crippen LogP contribution in [0.25, 0.3) is 11.6 Å². The molecule has 0 saturated carbocycles. The maximum absolute atomic E-state index is 2.49. The Hall–Kier alpha value is -4.82. The third-order valence-corrected chi connectivity index (χ3v) is 8.54. The molecule has 2 aliphatic rings.